The number of rotatable bonds is 1. The Balaban J connectivity index is 2.77. The molecule has 0 aromatic carbocycles. The van der Waals surface area contributed by atoms with Crippen molar-refractivity contribution in [2.24, 2.45) is 0 Å². The fourth-order valence-electron chi connectivity index (χ4n) is 0.919. The summed E-state index contributed by atoms with van der Waals surface area (Å²) in [6.07, 6.45) is 0.303. The highest BCUT2D eigenvalue weighted by Gasteiger charge is 2.48. The SMILES string of the molecule is CC(C)(O)C1(I)COC(=O)C1. The van der Waals surface area contributed by atoms with Crippen molar-refractivity contribution in [2.45, 2.75) is 29.3 Å². The van der Waals surface area contributed by atoms with Gasteiger partial charge in [-0.25, -0.2) is 0 Å². The number of alkyl halides is 1. The van der Waals surface area contributed by atoms with Crippen LogP contribution in [0, 0.1) is 0 Å². The van der Waals surface area contributed by atoms with E-state index in [2.05, 4.69) is 22.6 Å². The van der Waals surface area contributed by atoms with Crippen LogP contribution in [0.2, 0.25) is 0 Å². The van der Waals surface area contributed by atoms with E-state index in [0.29, 0.717) is 13.0 Å². The third-order valence-corrected chi connectivity index (χ3v) is 4.00. The average molecular weight is 270 g/mol. The Bertz CT molecular complexity index is 185. The second kappa shape index (κ2) is 2.58. The van der Waals surface area contributed by atoms with Gasteiger partial charge in [0.15, 0.2) is 0 Å². The summed E-state index contributed by atoms with van der Waals surface area (Å²) in [5.74, 6) is -0.221. The topological polar surface area (TPSA) is 46.5 Å². The van der Waals surface area contributed by atoms with E-state index in [4.69, 9.17) is 4.74 Å². The first-order valence-electron chi connectivity index (χ1n) is 3.42. The van der Waals surface area contributed by atoms with Gasteiger partial charge in [0.2, 0.25) is 0 Å². The molecular weight excluding hydrogens is 259 g/mol. The minimum atomic E-state index is -0.861. The molecule has 1 atom stereocenters. The van der Waals surface area contributed by atoms with Crippen molar-refractivity contribution >= 4 is 28.6 Å². The van der Waals surface area contributed by atoms with Gasteiger partial charge in [-0.2, -0.15) is 0 Å². The maximum absolute atomic E-state index is 10.8. The molecule has 4 heteroatoms. The van der Waals surface area contributed by atoms with Crippen molar-refractivity contribution in [3.63, 3.8) is 0 Å². The molecule has 1 fully saturated rings. The number of esters is 1. The molecule has 0 aromatic heterocycles. The van der Waals surface area contributed by atoms with Gasteiger partial charge in [-0.15, -0.1) is 0 Å². The monoisotopic (exact) mass is 270 g/mol. The first-order chi connectivity index (χ1) is 4.85. The number of hydrogen-bond donors (Lipinski definition) is 1. The number of aliphatic hydroxyl groups is 1. The molecule has 0 radical (unpaired) electrons. The first-order valence-corrected chi connectivity index (χ1v) is 4.50. The van der Waals surface area contributed by atoms with E-state index < -0.39 is 9.02 Å². The number of carbonyl (C=O) groups is 1. The molecule has 0 aliphatic carbocycles. The number of halogens is 1. The van der Waals surface area contributed by atoms with Crippen LogP contribution in [0.15, 0.2) is 0 Å². The predicted octanol–water partition coefficient (Wildman–Crippen LogP) is 0.878. The lowest BCUT2D eigenvalue weighted by Gasteiger charge is -2.32. The van der Waals surface area contributed by atoms with E-state index in [0.717, 1.165) is 0 Å². The average Bonchev–Trinajstić information content (AvgIpc) is 2.10. The van der Waals surface area contributed by atoms with Crippen LogP contribution in [0.25, 0.3) is 0 Å². The van der Waals surface area contributed by atoms with Gasteiger partial charge in [-0.3, -0.25) is 4.79 Å². The number of hydrogen-bond acceptors (Lipinski definition) is 3. The molecule has 11 heavy (non-hydrogen) atoms. The highest BCUT2D eigenvalue weighted by Crippen LogP contribution is 2.39. The molecule has 0 aromatic rings. The summed E-state index contributed by atoms with van der Waals surface area (Å²) < 4.78 is 4.35. The molecule has 1 heterocycles. The van der Waals surface area contributed by atoms with Crippen molar-refractivity contribution in [3.8, 4) is 0 Å². The minimum absolute atomic E-state index is 0.221. The lowest BCUT2D eigenvalue weighted by Crippen LogP contribution is -2.45. The molecule has 1 unspecified atom stereocenters. The van der Waals surface area contributed by atoms with Crippen LogP contribution in [-0.4, -0.2) is 26.7 Å². The quantitative estimate of drug-likeness (QED) is 0.437. The van der Waals surface area contributed by atoms with Gasteiger partial charge in [-0.05, 0) is 13.8 Å². The van der Waals surface area contributed by atoms with Crippen LogP contribution in [-0.2, 0) is 9.53 Å². The molecule has 1 saturated heterocycles. The van der Waals surface area contributed by atoms with E-state index >= 15 is 0 Å². The lowest BCUT2D eigenvalue weighted by atomic mass is 9.90. The Morgan fingerprint density at radius 2 is 2.27 bits per heavy atom. The van der Waals surface area contributed by atoms with Crippen molar-refractivity contribution < 1.29 is 14.6 Å². The predicted molar refractivity (Wildman–Crippen MR) is 48.6 cm³/mol. The van der Waals surface area contributed by atoms with Gasteiger partial charge < -0.3 is 9.84 Å². The molecular formula is C7H11IO3. The largest absolute Gasteiger partial charge is 0.464 e. The normalized spacial score (nSPS) is 32.2. The molecule has 0 saturated carbocycles. The maximum Gasteiger partial charge on any atom is 0.307 e. The lowest BCUT2D eigenvalue weighted by molar-refractivity contribution is -0.137. The van der Waals surface area contributed by atoms with Crippen molar-refractivity contribution in [1.29, 1.82) is 0 Å². The molecule has 0 bridgehead atoms. The molecule has 64 valence electrons. The van der Waals surface area contributed by atoms with Crippen molar-refractivity contribution in [2.75, 3.05) is 6.61 Å². The summed E-state index contributed by atoms with van der Waals surface area (Å²) >= 11 is 2.09. The maximum atomic E-state index is 10.8. The highest BCUT2D eigenvalue weighted by molar-refractivity contribution is 14.1. The highest BCUT2D eigenvalue weighted by atomic mass is 127. The molecule has 1 aliphatic rings. The zero-order valence-electron chi connectivity index (χ0n) is 6.56. The van der Waals surface area contributed by atoms with Crippen molar-refractivity contribution in [1.82, 2.24) is 0 Å². The van der Waals surface area contributed by atoms with Gasteiger partial charge >= 0.3 is 5.97 Å². The standard InChI is InChI=1S/C7H11IO3/c1-6(2,10)7(8)3-5(9)11-4-7/h10H,3-4H2,1-2H3. The van der Waals surface area contributed by atoms with E-state index in [1.165, 1.54) is 0 Å². The summed E-state index contributed by atoms with van der Waals surface area (Å²) in [7, 11) is 0. The molecule has 1 aliphatic heterocycles. The van der Waals surface area contributed by atoms with Gasteiger partial charge in [0.05, 0.1) is 15.4 Å². The number of ether oxygens (including phenoxy) is 1. The van der Waals surface area contributed by atoms with Crippen LogP contribution in [0.1, 0.15) is 20.3 Å². The van der Waals surface area contributed by atoms with E-state index in [1.54, 1.807) is 13.8 Å². The Labute approximate surface area is 79.3 Å². The number of cyclic esters (lactones) is 1. The van der Waals surface area contributed by atoms with E-state index in [-0.39, 0.29) is 5.97 Å². The van der Waals surface area contributed by atoms with Gasteiger partial charge in [-0.1, -0.05) is 22.6 Å². The second-order valence-corrected chi connectivity index (χ2v) is 5.43. The summed E-state index contributed by atoms with van der Waals surface area (Å²) in [6, 6.07) is 0. The van der Waals surface area contributed by atoms with Crippen LogP contribution in [0.4, 0.5) is 0 Å². The molecule has 1 N–H and O–H groups in total. The van der Waals surface area contributed by atoms with Crippen LogP contribution >= 0.6 is 22.6 Å². The molecule has 3 nitrogen and oxygen atoms in total. The smallest absolute Gasteiger partial charge is 0.307 e. The van der Waals surface area contributed by atoms with Crippen molar-refractivity contribution in [3.05, 3.63) is 0 Å². The van der Waals surface area contributed by atoms with E-state index in [9.17, 15) is 9.90 Å². The molecule has 0 amide bonds. The number of carbonyl (C=O) groups excluding carboxylic acids is 1. The second-order valence-electron chi connectivity index (χ2n) is 3.36. The summed E-state index contributed by atoms with van der Waals surface area (Å²) in [6.45, 7) is 3.71. The van der Waals surface area contributed by atoms with Crippen LogP contribution in [0.5, 0.6) is 0 Å². The first kappa shape index (κ1) is 9.25. The molecule has 1 rings (SSSR count). The fraction of sp³-hybridized carbons (Fsp3) is 0.857. The Morgan fingerprint density at radius 3 is 2.45 bits per heavy atom. The third-order valence-electron chi connectivity index (χ3n) is 1.98. The summed E-state index contributed by atoms with van der Waals surface area (Å²) in [5.41, 5.74) is -0.861. The van der Waals surface area contributed by atoms with E-state index in [1.807, 2.05) is 0 Å². The minimum Gasteiger partial charge on any atom is -0.464 e. The zero-order valence-corrected chi connectivity index (χ0v) is 8.71. The van der Waals surface area contributed by atoms with Gasteiger partial charge in [0.25, 0.3) is 0 Å². The summed E-state index contributed by atoms with van der Waals surface area (Å²) in [5, 5.41) is 9.65. The van der Waals surface area contributed by atoms with Gasteiger partial charge in [0.1, 0.15) is 6.61 Å². The Hall–Kier alpha value is 0.160. The van der Waals surface area contributed by atoms with Crippen LogP contribution < -0.4 is 0 Å². The summed E-state index contributed by atoms with van der Waals surface area (Å²) in [4.78, 5) is 10.8. The Kier molecular flexibility index (Phi) is 2.17. The third kappa shape index (κ3) is 1.66. The molecule has 0 spiro atoms. The zero-order chi connectivity index (χ0) is 8.70. The fourth-order valence-corrected chi connectivity index (χ4v) is 1.39. The van der Waals surface area contributed by atoms with Gasteiger partial charge in [0, 0.05) is 0 Å². The Morgan fingerprint density at radius 1 is 1.73 bits per heavy atom. The van der Waals surface area contributed by atoms with Crippen LogP contribution in [0.3, 0.4) is 0 Å².